The van der Waals surface area contributed by atoms with Crippen LogP contribution in [0.1, 0.15) is 39.0 Å². The Morgan fingerprint density at radius 3 is 2.80 bits per heavy atom. The third-order valence-electron chi connectivity index (χ3n) is 2.29. The zero-order chi connectivity index (χ0) is 7.61. The van der Waals surface area contributed by atoms with Gasteiger partial charge >= 0.3 is 0 Å². The van der Waals surface area contributed by atoms with Crippen molar-refractivity contribution in [3.8, 4) is 0 Å². The number of nitrogens with two attached hydrogens (primary N) is 1. The molecule has 0 bridgehead atoms. The van der Waals surface area contributed by atoms with Crippen molar-refractivity contribution in [3.63, 3.8) is 0 Å². The maximum atomic E-state index is 13.5. The van der Waals surface area contributed by atoms with E-state index in [0.717, 1.165) is 12.8 Å². The van der Waals surface area contributed by atoms with Crippen molar-refractivity contribution in [3.05, 3.63) is 0 Å². The molecule has 2 N–H and O–H groups in total. The van der Waals surface area contributed by atoms with Crippen LogP contribution in [0.4, 0.5) is 4.39 Å². The van der Waals surface area contributed by atoms with E-state index >= 15 is 0 Å². The summed E-state index contributed by atoms with van der Waals surface area (Å²) in [4.78, 5) is 0. The molecule has 2 unspecified atom stereocenters. The summed E-state index contributed by atoms with van der Waals surface area (Å²) in [7, 11) is 0. The Morgan fingerprint density at radius 2 is 2.40 bits per heavy atom. The maximum absolute atomic E-state index is 13.5. The molecule has 0 amide bonds. The van der Waals surface area contributed by atoms with Crippen molar-refractivity contribution in [1.82, 2.24) is 0 Å². The van der Waals surface area contributed by atoms with E-state index in [1.54, 1.807) is 0 Å². The van der Waals surface area contributed by atoms with Crippen LogP contribution in [0.15, 0.2) is 0 Å². The average molecular weight is 145 g/mol. The Balaban J connectivity index is 2.38. The minimum Gasteiger partial charge on any atom is -0.328 e. The molecule has 1 nitrogen and oxygen atoms in total. The van der Waals surface area contributed by atoms with Gasteiger partial charge in [-0.25, -0.2) is 4.39 Å². The van der Waals surface area contributed by atoms with Gasteiger partial charge in [0.1, 0.15) is 5.67 Å². The molecule has 0 aromatic heterocycles. The summed E-state index contributed by atoms with van der Waals surface area (Å²) in [5, 5.41) is 0. The molecular formula is C8H16FN. The van der Waals surface area contributed by atoms with E-state index in [1.165, 1.54) is 0 Å². The lowest BCUT2D eigenvalue weighted by molar-refractivity contribution is 0.155. The number of alkyl halides is 1. The van der Waals surface area contributed by atoms with Crippen molar-refractivity contribution in [2.75, 3.05) is 0 Å². The van der Waals surface area contributed by atoms with Crippen LogP contribution in [0.25, 0.3) is 0 Å². The lowest BCUT2D eigenvalue weighted by Crippen LogP contribution is -2.22. The fraction of sp³-hybridized carbons (Fsp3) is 1.00. The highest BCUT2D eigenvalue weighted by Gasteiger charge is 2.36. The standard InChI is InChI=1S/C8H16FN/c1-2-4-8(9)5-3-7(10)6-8/h7H,2-6,10H2,1H3. The van der Waals surface area contributed by atoms with Gasteiger partial charge in [0.2, 0.25) is 0 Å². The quantitative estimate of drug-likeness (QED) is 0.632. The summed E-state index contributed by atoms with van der Waals surface area (Å²) in [6.45, 7) is 2.02. The Hall–Kier alpha value is -0.110. The van der Waals surface area contributed by atoms with Gasteiger partial charge in [0, 0.05) is 6.04 Å². The average Bonchev–Trinajstić information content (AvgIpc) is 2.12. The highest BCUT2D eigenvalue weighted by atomic mass is 19.1. The fourth-order valence-corrected chi connectivity index (χ4v) is 1.79. The van der Waals surface area contributed by atoms with Gasteiger partial charge in [-0.3, -0.25) is 0 Å². The molecule has 0 aromatic rings. The molecule has 1 aliphatic rings. The van der Waals surface area contributed by atoms with Crippen molar-refractivity contribution in [1.29, 1.82) is 0 Å². The van der Waals surface area contributed by atoms with Crippen molar-refractivity contribution < 1.29 is 4.39 Å². The van der Waals surface area contributed by atoms with Crippen LogP contribution in [0.2, 0.25) is 0 Å². The summed E-state index contributed by atoms with van der Waals surface area (Å²) in [5.41, 5.74) is 4.69. The summed E-state index contributed by atoms with van der Waals surface area (Å²) in [5.74, 6) is 0. The molecular weight excluding hydrogens is 129 g/mol. The fourth-order valence-electron chi connectivity index (χ4n) is 1.79. The van der Waals surface area contributed by atoms with Gasteiger partial charge in [-0.15, -0.1) is 0 Å². The Morgan fingerprint density at radius 1 is 1.70 bits per heavy atom. The number of hydrogen-bond acceptors (Lipinski definition) is 1. The van der Waals surface area contributed by atoms with Gasteiger partial charge in [0.05, 0.1) is 0 Å². The number of halogens is 1. The molecule has 1 aliphatic carbocycles. The van der Waals surface area contributed by atoms with Crippen LogP contribution in [0.5, 0.6) is 0 Å². The van der Waals surface area contributed by atoms with Gasteiger partial charge in [-0.1, -0.05) is 13.3 Å². The molecule has 2 atom stereocenters. The second kappa shape index (κ2) is 2.87. The van der Waals surface area contributed by atoms with Crippen LogP contribution in [-0.2, 0) is 0 Å². The molecule has 0 heterocycles. The largest absolute Gasteiger partial charge is 0.328 e. The van der Waals surface area contributed by atoms with Crippen LogP contribution < -0.4 is 5.73 Å². The monoisotopic (exact) mass is 145 g/mol. The highest BCUT2D eigenvalue weighted by molar-refractivity contribution is 4.90. The van der Waals surface area contributed by atoms with Crippen LogP contribution in [-0.4, -0.2) is 11.7 Å². The zero-order valence-corrected chi connectivity index (χ0v) is 6.57. The summed E-state index contributed by atoms with van der Waals surface area (Å²) < 4.78 is 13.5. The highest BCUT2D eigenvalue weighted by Crippen LogP contribution is 2.36. The normalized spacial score (nSPS) is 40.5. The molecule has 1 saturated carbocycles. The van der Waals surface area contributed by atoms with Crippen molar-refractivity contribution >= 4 is 0 Å². The lowest BCUT2D eigenvalue weighted by atomic mass is 9.98. The van der Waals surface area contributed by atoms with E-state index < -0.39 is 5.67 Å². The first-order chi connectivity index (χ1) is 4.66. The maximum Gasteiger partial charge on any atom is 0.112 e. The molecule has 0 saturated heterocycles. The first-order valence-corrected chi connectivity index (χ1v) is 4.11. The van der Waals surface area contributed by atoms with E-state index in [9.17, 15) is 4.39 Å². The number of rotatable bonds is 2. The van der Waals surface area contributed by atoms with E-state index in [0.29, 0.717) is 19.3 Å². The topological polar surface area (TPSA) is 26.0 Å². The summed E-state index contributed by atoms with van der Waals surface area (Å²) in [6, 6.07) is 0.122. The van der Waals surface area contributed by atoms with E-state index in [1.807, 2.05) is 6.92 Å². The van der Waals surface area contributed by atoms with Gasteiger partial charge in [-0.05, 0) is 25.7 Å². The smallest absolute Gasteiger partial charge is 0.112 e. The molecule has 60 valence electrons. The zero-order valence-electron chi connectivity index (χ0n) is 6.57. The minimum absolute atomic E-state index is 0.122. The lowest BCUT2D eigenvalue weighted by Gasteiger charge is -2.17. The molecule has 0 radical (unpaired) electrons. The first-order valence-electron chi connectivity index (χ1n) is 4.11. The predicted octanol–water partition coefficient (Wildman–Crippen LogP) is 2.01. The second-order valence-electron chi connectivity index (χ2n) is 3.40. The van der Waals surface area contributed by atoms with Crippen molar-refractivity contribution in [2.45, 2.75) is 50.7 Å². The number of hydrogen-bond donors (Lipinski definition) is 1. The van der Waals surface area contributed by atoms with Gasteiger partial charge < -0.3 is 5.73 Å². The van der Waals surface area contributed by atoms with Crippen LogP contribution in [0, 0.1) is 0 Å². The molecule has 2 heteroatoms. The first kappa shape index (κ1) is 7.99. The van der Waals surface area contributed by atoms with Gasteiger partial charge in [0.15, 0.2) is 0 Å². The van der Waals surface area contributed by atoms with E-state index in [-0.39, 0.29) is 6.04 Å². The third-order valence-corrected chi connectivity index (χ3v) is 2.29. The van der Waals surface area contributed by atoms with E-state index in [2.05, 4.69) is 0 Å². The SMILES string of the molecule is CCCC1(F)CCC(N)C1. The second-order valence-corrected chi connectivity index (χ2v) is 3.40. The van der Waals surface area contributed by atoms with Crippen LogP contribution in [0.3, 0.4) is 0 Å². The third kappa shape index (κ3) is 1.69. The van der Waals surface area contributed by atoms with Gasteiger partial charge in [0.25, 0.3) is 0 Å². The Bertz CT molecular complexity index is 112. The molecule has 1 rings (SSSR count). The Labute approximate surface area is 61.8 Å². The van der Waals surface area contributed by atoms with E-state index in [4.69, 9.17) is 5.73 Å². The van der Waals surface area contributed by atoms with Crippen LogP contribution >= 0.6 is 0 Å². The molecule has 0 spiro atoms. The molecule has 0 aromatic carbocycles. The molecule has 1 fully saturated rings. The van der Waals surface area contributed by atoms with Gasteiger partial charge in [-0.2, -0.15) is 0 Å². The summed E-state index contributed by atoms with van der Waals surface area (Å²) >= 11 is 0. The summed E-state index contributed by atoms with van der Waals surface area (Å²) in [6.07, 6.45) is 3.77. The van der Waals surface area contributed by atoms with Crippen molar-refractivity contribution in [2.24, 2.45) is 5.73 Å². The predicted molar refractivity (Wildman–Crippen MR) is 40.6 cm³/mol. The Kier molecular flexibility index (Phi) is 2.29. The minimum atomic E-state index is -0.909. The molecule has 0 aliphatic heterocycles. The molecule has 10 heavy (non-hydrogen) atoms.